The van der Waals surface area contributed by atoms with E-state index in [1.54, 1.807) is 0 Å². The van der Waals surface area contributed by atoms with Gasteiger partial charge in [0.05, 0.1) is 5.02 Å². The zero-order valence-electron chi connectivity index (χ0n) is 11.3. The maximum Gasteiger partial charge on any atom is 0.573 e. The van der Waals surface area contributed by atoms with E-state index in [0.29, 0.717) is 0 Å². The zero-order valence-corrected chi connectivity index (χ0v) is 12.8. The van der Waals surface area contributed by atoms with E-state index in [1.165, 1.54) is 0 Å². The number of benzene rings is 2. The van der Waals surface area contributed by atoms with E-state index in [0.717, 1.165) is 30.3 Å². The lowest BCUT2D eigenvalue weighted by atomic mass is 10.2. The topological polar surface area (TPSA) is 55.8 Å². The van der Waals surface area contributed by atoms with Gasteiger partial charge in [-0.25, -0.2) is 9.18 Å². The molecule has 0 aliphatic rings. The Balaban J connectivity index is 2.33. The molecule has 10 heteroatoms. The maximum atomic E-state index is 14.1. The first kappa shape index (κ1) is 18.2. The smallest absolute Gasteiger partial charge is 0.478 e. The summed E-state index contributed by atoms with van der Waals surface area (Å²) >= 11 is 11.5. The lowest BCUT2D eigenvalue weighted by Crippen LogP contribution is -2.16. The SMILES string of the molecule is O=C(O)c1cc(Cl)c(Cl)c(Oc2ccc(OC(F)(F)F)cc2)c1F. The van der Waals surface area contributed by atoms with E-state index in [-0.39, 0.29) is 15.8 Å². The van der Waals surface area contributed by atoms with Crippen LogP contribution in [0, 0.1) is 5.82 Å². The molecule has 0 saturated heterocycles. The van der Waals surface area contributed by atoms with Crippen molar-refractivity contribution in [3.8, 4) is 17.2 Å². The molecule has 1 N–H and O–H groups in total. The van der Waals surface area contributed by atoms with E-state index >= 15 is 0 Å². The van der Waals surface area contributed by atoms with E-state index in [2.05, 4.69) is 4.74 Å². The van der Waals surface area contributed by atoms with Crippen LogP contribution >= 0.6 is 23.2 Å². The third-order valence-corrected chi connectivity index (χ3v) is 3.39. The summed E-state index contributed by atoms with van der Waals surface area (Å²) < 4.78 is 59.1. The van der Waals surface area contributed by atoms with Crippen molar-refractivity contribution in [1.29, 1.82) is 0 Å². The number of ether oxygens (including phenoxy) is 2. The molecule has 0 amide bonds. The predicted molar refractivity (Wildman–Crippen MR) is 76.6 cm³/mol. The molecule has 0 saturated carbocycles. The second-order valence-electron chi connectivity index (χ2n) is 4.29. The summed E-state index contributed by atoms with van der Waals surface area (Å²) in [5.74, 6) is -4.15. The van der Waals surface area contributed by atoms with Crippen molar-refractivity contribution >= 4 is 29.2 Å². The predicted octanol–water partition coefficient (Wildman–Crippen LogP) is 5.52. The standard InChI is InChI=1S/C14H6Cl2F4O4/c15-9-5-8(13(21)22)11(17)12(10(9)16)23-6-1-3-7(4-2-6)24-14(18,19)20/h1-5H,(H,21,22). The Kier molecular flexibility index (Phi) is 5.10. The third-order valence-electron chi connectivity index (χ3n) is 2.62. The van der Waals surface area contributed by atoms with Crippen molar-refractivity contribution in [2.45, 2.75) is 6.36 Å². The number of carboxylic acid groups (broad SMARTS) is 1. The summed E-state index contributed by atoms with van der Waals surface area (Å²) in [4.78, 5) is 10.9. The Bertz CT molecular complexity index is 776. The molecule has 0 fully saturated rings. The molecule has 0 bridgehead atoms. The number of hydrogen-bond acceptors (Lipinski definition) is 3. The van der Waals surface area contributed by atoms with Crippen LogP contribution in [0.1, 0.15) is 10.4 Å². The van der Waals surface area contributed by atoms with Crippen LogP contribution in [0.15, 0.2) is 30.3 Å². The summed E-state index contributed by atoms with van der Waals surface area (Å²) in [6.07, 6.45) is -4.86. The molecule has 0 heterocycles. The minimum Gasteiger partial charge on any atom is -0.478 e. The van der Waals surface area contributed by atoms with Crippen LogP contribution in [0.2, 0.25) is 10.0 Å². The Morgan fingerprint density at radius 1 is 1.08 bits per heavy atom. The molecular formula is C14H6Cl2F4O4. The third kappa shape index (κ3) is 4.21. The van der Waals surface area contributed by atoms with E-state index in [4.69, 9.17) is 33.0 Å². The van der Waals surface area contributed by atoms with Crippen LogP contribution in [0.5, 0.6) is 17.2 Å². The summed E-state index contributed by atoms with van der Waals surface area (Å²) in [5.41, 5.74) is -0.767. The van der Waals surface area contributed by atoms with Crippen LogP contribution in [-0.2, 0) is 0 Å². The van der Waals surface area contributed by atoms with Crippen LogP contribution in [0.25, 0.3) is 0 Å². The second kappa shape index (κ2) is 6.74. The molecule has 2 aromatic rings. The van der Waals surface area contributed by atoms with Gasteiger partial charge in [-0.2, -0.15) is 0 Å². The number of aromatic carboxylic acids is 1. The average Bonchev–Trinajstić information content (AvgIpc) is 2.47. The van der Waals surface area contributed by atoms with Gasteiger partial charge in [-0.05, 0) is 30.3 Å². The van der Waals surface area contributed by atoms with Crippen molar-refractivity contribution < 1.29 is 36.9 Å². The minimum absolute atomic E-state index is 0.107. The highest BCUT2D eigenvalue weighted by molar-refractivity contribution is 6.43. The van der Waals surface area contributed by atoms with Gasteiger partial charge in [0.1, 0.15) is 22.1 Å². The molecule has 0 atom stereocenters. The van der Waals surface area contributed by atoms with Gasteiger partial charge in [-0.1, -0.05) is 23.2 Å². The van der Waals surface area contributed by atoms with E-state index in [9.17, 15) is 22.4 Å². The highest BCUT2D eigenvalue weighted by Gasteiger charge is 2.31. The molecule has 4 nitrogen and oxygen atoms in total. The summed E-state index contributed by atoms with van der Waals surface area (Å²) in [5, 5.41) is 8.25. The molecule has 24 heavy (non-hydrogen) atoms. The molecule has 0 radical (unpaired) electrons. The van der Waals surface area contributed by atoms with Crippen LogP contribution in [0.4, 0.5) is 17.6 Å². The number of carboxylic acids is 1. The average molecular weight is 385 g/mol. The molecule has 0 aliphatic carbocycles. The fourth-order valence-corrected chi connectivity index (χ4v) is 2.02. The summed E-state index contributed by atoms with van der Waals surface area (Å²) in [6.45, 7) is 0. The van der Waals surface area contributed by atoms with Gasteiger partial charge < -0.3 is 14.6 Å². The normalized spacial score (nSPS) is 11.2. The number of rotatable bonds is 4. The lowest BCUT2D eigenvalue weighted by Gasteiger charge is -2.13. The molecule has 2 aromatic carbocycles. The van der Waals surface area contributed by atoms with Gasteiger partial charge in [0.2, 0.25) is 0 Å². The Morgan fingerprint density at radius 3 is 2.12 bits per heavy atom. The summed E-state index contributed by atoms with van der Waals surface area (Å²) in [6, 6.07) is 4.78. The van der Waals surface area contributed by atoms with Crippen molar-refractivity contribution in [3.05, 3.63) is 51.8 Å². The van der Waals surface area contributed by atoms with Gasteiger partial charge >= 0.3 is 12.3 Å². The van der Waals surface area contributed by atoms with Crippen molar-refractivity contribution in [3.63, 3.8) is 0 Å². The molecular weight excluding hydrogens is 379 g/mol. The minimum atomic E-state index is -4.86. The Labute approximate surface area is 142 Å². The quantitative estimate of drug-likeness (QED) is 0.556. The largest absolute Gasteiger partial charge is 0.573 e. The van der Waals surface area contributed by atoms with Crippen LogP contribution < -0.4 is 9.47 Å². The van der Waals surface area contributed by atoms with Gasteiger partial charge in [0.25, 0.3) is 0 Å². The lowest BCUT2D eigenvalue weighted by molar-refractivity contribution is -0.274. The van der Waals surface area contributed by atoms with Crippen LogP contribution in [-0.4, -0.2) is 17.4 Å². The molecule has 0 aliphatic heterocycles. The number of hydrogen-bond donors (Lipinski definition) is 1. The van der Waals surface area contributed by atoms with Crippen molar-refractivity contribution in [1.82, 2.24) is 0 Å². The van der Waals surface area contributed by atoms with Crippen molar-refractivity contribution in [2.75, 3.05) is 0 Å². The Morgan fingerprint density at radius 2 is 1.62 bits per heavy atom. The van der Waals surface area contributed by atoms with Crippen LogP contribution in [0.3, 0.4) is 0 Å². The molecule has 0 aromatic heterocycles. The van der Waals surface area contributed by atoms with Gasteiger partial charge in [0.15, 0.2) is 11.6 Å². The van der Waals surface area contributed by atoms with Crippen molar-refractivity contribution in [2.24, 2.45) is 0 Å². The van der Waals surface area contributed by atoms with Gasteiger partial charge in [0, 0.05) is 0 Å². The molecule has 2 rings (SSSR count). The number of alkyl halides is 3. The highest BCUT2D eigenvalue weighted by Crippen LogP contribution is 2.39. The fourth-order valence-electron chi connectivity index (χ4n) is 1.65. The van der Waals surface area contributed by atoms with E-state index in [1.807, 2.05) is 0 Å². The number of carbonyl (C=O) groups is 1. The second-order valence-corrected chi connectivity index (χ2v) is 5.07. The monoisotopic (exact) mass is 384 g/mol. The van der Waals surface area contributed by atoms with E-state index < -0.39 is 35.2 Å². The Hall–Kier alpha value is -2.19. The first-order chi connectivity index (χ1) is 11.1. The molecule has 128 valence electrons. The first-order valence-electron chi connectivity index (χ1n) is 6.03. The number of halogens is 6. The highest BCUT2D eigenvalue weighted by atomic mass is 35.5. The zero-order chi connectivity index (χ0) is 18.1. The maximum absolute atomic E-state index is 14.1. The summed E-state index contributed by atoms with van der Waals surface area (Å²) in [7, 11) is 0. The molecule has 0 unspecified atom stereocenters. The fraction of sp³-hybridized carbons (Fsp3) is 0.0714. The first-order valence-corrected chi connectivity index (χ1v) is 6.78. The van der Waals surface area contributed by atoms with Gasteiger partial charge in [-0.3, -0.25) is 0 Å². The molecule has 0 spiro atoms. The van der Waals surface area contributed by atoms with Gasteiger partial charge in [-0.15, -0.1) is 13.2 Å².